The van der Waals surface area contributed by atoms with E-state index in [1.165, 1.54) is 22.0 Å². The van der Waals surface area contributed by atoms with Crippen molar-refractivity contribution in [2.75, 3.05) is 20.8 Å². The molecule has 0 spiro atoms. The summed E-state index contributed by atoms with van der Waals surface area (Å²) in [6, 6.07) is 31.6. The van der Waals surface area contributed by atoms with Crippen LogP contribution in [0.3, 0.4) is 0 Å². The molecule has 0 fully saturated rings. The van der Waals surface area contributed by atoms with E-state index in [1.807, 2.05) is 18.2 Å². The molecule has 41 heavy (non-hydrogen) atoms. The third-order valence-electron chi connectivity index (χ3n) is 7.46. The molecule has 0 bridgehead atoms. The van der Waals surface area contributed by atoms with Crippen LogP contribution in [-0.2, 0) is 19.6 Å². The van der Waals surface area contributed by atoms with Crippen molar-refractivity contribution in [3.8, 4) is 22.9 Å². The Morgan fingerprint density at radius 1 is 0.854 bits per heavy atom. The van der Waals surface area contributed by atoms with Gasteiger partial charge in [-0.15, -0.1) is 0 Å². The Hall–Kier alpha value is -4.35. The number of aromatic nitrogens is 2. The van der Waals surface area contributed by atoms with Crippen molar-refractivity contribution in [2.45, 2.75) is 39.4 Å². The number of fused-ring (bicyclic) bond motifs is 1. The first kappa shape index (κ1) is 28.2. The minimum absolute atomic E-state index is 0.767. The molecule has 1 heterocycles. The molecule has 5 heteroatoms. The van der Waals surface area contributed by atoms with Gasteiger partial charge < -0.3 is 14.0 Å². The molecule has 0 amide bonds. The normalized spacial score (nSPS) is 11.5. The van der Waals surface area contributed by atoms with Crippen LogP contribution in [0.2, 0.25) is 0 Å². The molecule has 1 aromatic heterocycles. The van der Waals surface area contributed by atoms with Crippen LogP contribution < -0.4 is 9.47 Å². The van der Waals surface area contributed by atoms with Crippen molar-refractivity contribution in [3.63, 3.8) is 0 Å². The second-order valence-corrected chi connectivity index (χ2v) is 10.3. The zero-order valence-electron chi connectivity index (χ0n) is 24.3. The number of benzene rings is 4. The molecular formula is C36H39N3O2. The Kier molecular flexibility index (Phi) is 9.50. The van der Waals surface area contributed by atoms with Crippen molar-refractivity contribution < 1.29 is 9.47 Å². The van der Waals surface area contributed by atoms with Crippen molar-refractivity contribution in [3.05, 3.63) is 120 Å². The predicted molar refractivity (Wildman–Crippen MR) is 169 cm³/mol. The van der Waals surface area contributed by atoms with E-state index in [2.05, 4.69) is 108 Å². The lowest BCUT2D eigenvalue weighted by Gasteiger charge is -2.23. The van der Waals surface area contributed by atoms with Gasteiger partial charge >= 0.3 is 0 Å². The molecule has 5 nitrogen and oxygen atoms in total. The van der Waals surface area contributed by atoms with E-state index in [1.54, 1.807) is 14.2 Å². The van der Waals surface area contributed by atoms with Crippen LogP contribution >= 0.6 is 0 Å². The minimum Gasteiger partial charge on any atom is -0.497 e. The van der Waals surface area contributed by atoms with E-state index < -0.39 is 0 Å². The summed E-state index contributed by atoms with van der Waals surface area (Å²) in [5.41, 5.74) is 4.69. The second-order valence-electron chi connectivity index (χ2n) is 10.3. The van der Waals surface area contributed by atoms with Crippen LogP contribution in [-0.4, -0.2) is 35.2 Å². The zero-order chi connectivity index (χ0) is 28.4. The highest BCUT2D eigenvalue weighted by Crippen LogP contribution is 2.27. The standard InChI is InChI=1S/C36H39N3O2/c1-4-5-23-39-32(25-37-36(39)29-14-7-6-8-15-29)27-38(26-31-17-11-16-28-13-9-10-19-34(28)31)22-12-18-30-24-33(40-2)20-21-35(30)41-3/h6-21,24-25H,4-5,22-23,26-27H2,1-3H3. The highest BCUT2D eigenvalue weighted by Gasteiger charge is 2.16. The smallest absolute Gasteiger partial charge is 0.140 e. The van der Waals surface area contributed by atoms with E-state index in [0.717, 1.165) is 67.5 Å². The summed E-state index contributed by atoms with van der Waals surface area (Å²) in [6.45, 7) is 5.56. The number of hydrogen-bond donors (Lipinski definition) is 0. The fraction of sp³-hybridized carbons (Fsp3) is 0.250. The maximum atomic E-state index is 5.61. The molecule has 0 aliphatic heterocycles. The minimum atomic E-state index is 0.767. The molecule has 0 N–H and O–H groups in total. The van der Waals surface area contributed by atoms with Crippen molar-refractivity contribution in [1.82, 2.24) is 14.5 Å². The van der Waals surface area contributed by atoms with Crippen molar-refractivity contribution in [2.24, 2.45) is 0 Å². The van der Waals surface area contributed by atoms with Gasteiger partial charge in [0.05, 0.1) is 26.1 Å². The average molecular weight is 546 g/mol. The first-order chi connectivity index (χ1) is 20.2. The summed E-state index contributed by atoms with van der Waals surface area (Å²) < 4.78 is 13.5. The van der Waals surface area contributed by atoms with E-state index in [0.29, 0.717) is 0 Å². The summed E-state index contributed by atoms with van der Waals surface area (Å²) >= 11 is 0. The van der Waals surface area contributed by atoms with Crippen LogP contribution in [0.4, 0.5) is 0 Å². The number of unbranched alkanes of at least 4 members (excludes halogenated alkanes) is 1. The first-order valence-corrected chi connectivity index (χ1v) is 14.4. The maximum absolute atomic E-state index is 5.61. The van der Waals surface area contributed by atoms with Crippen LogP contribution in [0.1, 0.15) is 36.6 Å². The van der Waals surface area contributed by atoms with E-state index in [4.69, 9.17) is 14.5 Å². The van der Waals surface area contributed by atoms with Gasteiger partial charge in [0.2, 0.25) is 0 Å². The van der Waals surface area contributed by atoms with Gasteiger partial charge in [-0.3, -0.25) is 4.90 Å². The predicted octanol–water partition coefficient (Wildman–Crippen LogP) is 8.24. The average Bonchev–Trinajstić information content (AvgIpc) is 3.42. The van der Waals surface area contributed by atoms with Crippen LogP contribution in [0, 0.1) is 0 Å². The molecule has 210 valence electrons. The molecule has 5 aromatic rings. The van der Waals surface area contributed by atoms with Crippen LogP contribution in [0.15, 0.2) is 103 Å². The summed E-state index contributed by atoms with van der Waals surface area (Å²) in [5, 5.41) is 2.56. The molecule has 4 aromatic carbocycles. The summed E-state index contributed by atoms with van der Waals surface area (Å²) in [7, 11) is 3.39. The van der Waals surface area contributed by atoms with Gasteiger partial charge in [-0.2, -0.15) is 0 Å². The number of ether oxygens (including phenoxy) is 2. The van der Waals surface area contributed by atoms with E-state index in [9.17, 15) is 0 Å². The summed E-state index contributed by atoms with van der Waals surface area (Å²) in [4.78, 5) is 7.39. The largest absolute Gasteiger partial charge is 0.497 e. The Labute approximate surface area is 243 Å². The van der Waals surface area contributed by atoms with Gasteiger partial charge in [0.15, 0.2) is 0 Å². The lowest BCUT2D eigenvalue weighted by atomic mass is 10.0. The van der Waals surface area contributed by atoms with E-state index in [-0.39, 0.29) is 0 Å². The van der Waals surface area contributed by atoms with E-state index >= 15 is 0 Å². The maximum Gasteiger partial charge on any atom is 0.140 e. The molecule has 0 saturated carbocycles. The summed E-state index contributed by atoms with van der Waals surface area (Å²) in [5.74, 6) is 2.68. The molecular weight excluding hydrogens is 506 g/mol. The Morgan fingerprint density at radius 3 is 2.46 bits per heavy atom. The lowest BCUT2D eigenvalue weighted by molar-refractivity contribution is 0.279. The molecule has 0 aliphatic carbocycles. The van der Waals surface area contributed by atoms with Gasteiger partial charge in [-0.25, -0.2) is 4.98 Å². The van der Waals surface area contributed by atoms with Crippen LogP contribution in [0.5, 0.6) is 11.5 Å². The quantitative estimate of drug-likeness (QED) is 0.149. The van der Waals surface area contributed by atoms with Crippen LogP contribution in [0.25, 0.3) is 28.2 Å². The van der Waals surface area contributed by atoms with Crippen molar-refractivity contribution in [1.29, 1.82) is 0 Å². The number of rotatable bonds is 13. The number of imidazole rings is 1. The first-order valence-electron chi connectivity index (χ1n) is 14.4. The number of methoxy groups -OCH3 is 2. The van der Waals surface area contributed by atoms with Gasteiger partial charge in [-0.05, 0) is 41.0 Å². The highest BCUT2D eigenvalue weighted by molar-refractivity contribution is 5.85. The summed E-state index contributed by atoms with van der Waals surface area (Å²) in [6.07, 6.45) is 8.65. The highest BCUT2D eigenvalue weighted by atomic mass is 16.5. The molecule has 5 rings (SSSR count). The molecule has 0 saturated heterocycles. The SMILES string of the molecule is CCCCn1c(CN(CC=Cc2cc(OC)ccc2OC)Cc2cccc3ccccc23)cnc1-c1ccccc1. The zero-order valence-corrected chi connectivity index (χ0v) is 24.3. The lowest BCUT2D eigenvalue weighted by Crippen LogP contribution is -2.25. The third-order valence-corrected chi connectivity index (χ3v) is 7.46. The number of nitrogens with zero attached hydrogens (tertiary/aromatic N) is 3. The molecule has 0 radical (unpaired) electrons. The fourth-order valence-corrected chi connectivity index (χ4v) is 5.30. The third kappa shape index (κ3) is 6.87. The molecule has 0 aliphatic rings. The molecule has 0 atom stereocenters. The fourth-order valence-electron chi connectivity index (χ4n) is 5.30. The monoisotopic (exact) mass is 545 g/mol. The topological polar surface area (TPSA) is 39.5 Å². The van der Waals surface area contributed by atoms with Gasteiger partial charge in [-0.1, -0.05) is 98.3 Å². The van der Waals surface area contributed by atoms with Gasteiger partial charge in [0.1, 0.15) is 17.3 Å². The van der Waals surface area contributed by atoms with Crippen molar-refractivity contribution >= 4 is 16.8 Å². The second kappa shape index (κ2) is 13.8. The van der Waals surface area contributed by atoms with Gasteiger partial charge in [0.25, 0.3) is 0 Å². The molecule has 0 unspecified atom stereocenters. The Balaban J connectivity index is 1.47. The Morgan fingerprint density at radius 2 is 1.66 bits per heavy atom. The number of hydrogen-bond acceptors (Lipinski definition) is 4. The Bertz CT molecular complexity index is 1580. The van der Waals surface area contributed by atoms with Gasteiger partial charge in [0, 0.05) is 37.3 Å².